The predicted octanol–water partition coefficient (Wildman–Crippen LogP) is 3.44. The van der Waals surface area contributed by atoms with Crippen LogP contribution in [-0.4, -0.2) is 27.8 Å². The molecule has 21 heavy (non-hydrogen) atoms. The summed E-state index contributed by atoms with van der Waals surface area (Å²) in [6, 6.07) is 8.02. The maximum absolute atomic E-state index is 13.0. The number of fused-ring (bicyclic) bond motifs is 1. The van der Waals surface area contributed by atoms with Gasteiger partial charge in [-0.1, -0.05) is 18.2 Å². The van der Waals surface area contributed by atoms with Gasteiger partial charge in [0, 0.05) is 5.39 Å². The number of pyridine rings is 1. The van der Waals surface area contributed by atoms with Gasteiger partial charge in [-0.2, -0.15) is 13.2 Å². The summed E-state index contributed by atoms with van der Waals surface area (Å²) < 4.78 is 39.0. The van der Waals surface area contributed by atoms with Crippen LogP contribution in [0.1, 0.15) is 23.2 Å². The second-order valence-electron chi connectivity index (χ2n) is 5.09. The molecule has 0 atom stereocenters. The first kappa shape index (κ1) is 13.7. The molecule has 3 rings (SSSR count). The van der Waals surface area contributed by atoms with Crippen LogP contribution < -0.4 is 5.32 Å². The van der Waals surface area contributed by atoms with Crippen molar-refractivity contribution < 1.29 is 23.1 Å². The number of benzene rings is 1. The zero-order valence-electron chi connectivity index (χ0n) is 10.7. The van der Waals surface area contributed by atoms with Crippen LogP contribution in [0.3, 0.4) is 0 Å². The van der Waals surface area contributed by atoms with Crippen LogP contribution in [0, 0.1) is 0 Å². The van der Waals surface area contributed by atoms with Crippen molar-refractivity contribution in [2.45, 2.75) is 24.6 Å². The van der Waals surface area contributed by atoms with Crippen molar-refractivity contribution in [1.82, 2.24) is 4.98 Å². The first-order valence-corrected chi connectivity index (χ1v) is 6.30. The fraction of sp³-hybridized carbons (Fsp3) is 0.286. The molecule has 4 nitrogen and oxygen atoms in total. The number of anilines is 1. The summed E-state index contributed by atoms with van der Waals surface area (Å²) in [5.41, 5.74) is -1.86. The molecule has 1 saturated carbocycles. The van der Waals surface area contributed by atoms with Gasteiger partial charge in [0.05, 0.1) is 5.52 Å². The molecule has 1 aliphatic rings. The molecule has 1 heterocycles. The fourth-order valence-electron chi connectivity index (χ4n) is 2.21. The van der Waals surface area contributed by atoms with E-state index in [0.717, 1.165) is 0 Å². The molecule has 1 aromatic carbocycles. The molecule has 0 amide bonds. The first-order valence-electron chi connectivity index (χ1n) is 6.30. The number of nitrogens with zero attached hydrogens (tertiary/aromatic N) is 1. The van der Waals surface area contributed by atoms with Crippen LogP contribution in [0.4, 0.5) is 19.0 Å². The molecule has 0 aliphatic heterocycles. The van der Waals surface area contributed by atoms with E-state index in [2.05, 4.69) is 10.3 Å². The molecule has 0 spiro atoms. The van der Waals surface area contributed by atoms with Crippen LogP contribution in [0.25, 0.3) is 10.9 Å². The standard InChI is InChI=1S/C14H11F3N2O2/c15-14(16,17)13(5-6-13)19-11-9(12(20)21)7-8-3-1-2-4-10(8)18-11/h1-4,7H,5-6H2,(H,18,19)(H,20,21). The fourth-order valence-corrected chi connectivity index (χ4v) is 2.21. The molecule has 0 unspecified atom stereocenters. The van der Waals surface area contributed by atoms with Gasteiger partial charge in [-0.05, 0) is 25.0 Å². The van der Waals surface area contributed by atoms with Gasteiger partial charge in [-0.3, -0.25) is 0 Å². The Morgan fingerprint density at radius 3 is 2.52 bits per heavy atom. The Morgan fingerprint density at radius 1 is 1.29 bits per heavy atom. The lowest BCUT2D eigenvalue weighted by molar-refractivity contribution is -0.151. The lowest BCUT2D eigenvalue weighted by atomic mass is 10.1. The van der Waals surface area contributed by atoms with E-state index in [1.165, 1.54) is 6.07 Å². The zero-order chi connectivity index (χ0) is 15.3. The smallest absolute Gasteiger partial charge is 0.411 e. The Labute approximate surface area is 117 Å². The van der Waals surface area contributed by atoms with Gasteiger partial charge in [0.2, 0.25) is 0 Å². The third kappa shape index (κ3) is 2.28. The van der Waals surface area contributed by atoms with Gasteiger partial charge >= 0.3 is 12.1 Å². The first-order chi connectivity index (χ1) is 9.82. The minimum absolute atomic E-state index is 0.0793. The molecular formula is C14H11F3N2O2. The summed E-state index contributed by atoms with van der Waals surface area (Å²) in [7, 11) is 0. The topological polar surface area (TPSA) is 62.2 Å². The van der Waals surface area contributed by atoms with Crippen LogP contribution >= 0.6 is 0 Å². The average Bonchev–Trinajstić information content (AvgIpc) is 3.18. The van der Waals surface area contributed by atoms with Gasteiger partial charge in [0.25, 0.3) is 0 Å². The van der Waals surface area contributed by atoms with E-state index in [1.807, 2.05) is 0 Å². The molecule has 2 aromatic rings. The second kappa shape index (κ2) is 4.34. The molecule has 0 radical (unpaired) electrons. The summed E-state index contributed by atoms with van der Waals surface area (Å²) in [5, 5.41) is 12.0. The predicted molar refractivity (Wildman–Crippen MR) is 70.3 cm³/mol. The number of rotatable bonds is 3. The molecular weight excluding hydrogens is 285 g/mol. The molecule has 0 bridgehead atoms. The van der Waals surface area contributed by atoms with Crippen molar-refractivity contribution in [3.05, 3.63) is 35.9 Å². The quantitative estimate of drug-likeness (QED) is 0.910. The second-order valence-corrected chi connectivity index (χ2v) is 5.09. The summed E-state index contributed by atoms with van der Waals surface area (Å²) in [6.07, 6.45) is -4.59. The van der Waals surface area contributed by atoms with E-state index in [9.17, 15) is 23.1 Å². The van der Waals surface area contributed by atoms with Crippen molar-refractivity contribution >= 4 is 22.7 Å². The number of para-hydroxylation sites is 1. The van der Waals surface area contributed by atoms with Crippen molar-refractivity contribution in [2.75, 3.05) is 5.32 Å². The number of hydrogen-bond acceptors (Lipinski definition) is 3. The van der Waals surface area contributed by atoms with Gasteiger partial charge in [0.1, 0.15) is 16.9 Å². The van der Waals surface area contributed by atoms with E-state index in [1.54, 1.807) is 24.3 Å². The van der Waals surface area contributed by atoms with Crippen molar-refractivity contribution in [3.63, 3.8) is 0 Å². The Bertz CT molecular complexity index is 724. The minimum Gasteiger partial charge on any atom is -0.478 e. The van der Waals surface area contributed by atoms with Crippen LogP contribution in [0.2, 0.25) is 0 Å². The van der Waals surface area contributed by atoms with E-state index in [4.69, 9.17) is 0 Å². The van der Waals surface area contributed by atoms with E-state index >= 15 is 0 Å². The van der Waals surface area contributed by atoms with Gasteiger partial charge in [-0.15, -0.1) is 0 Å². The lowest BCUT2D eigenvalue weighted by Gasteiger charge is -2.22. The molecule has 7 heteroatoms. The molecule has 0 saturated heterocycles. The SMILES string of the molecule is O=C(O)c1cc2ccccc2nc1NC1(C(F)(F)F)CC1. The molecule has 1 fully saturated rings. The van der Waals surface area contributed by atoms with Crippen LogP contribution in [0.15, 0.2) is 30.3 Å². The monoisotopic (exact) mass is 296 g/mol. The number of alkyl halides is 3. The van der Waals surface area contributed by atoms with Gasteiger partial charge < -0.3 is 10.4 Å². The highest BCUT2D eigenvalue weighted by Gasteiger charge is 2.64. The third-order valence-electron chi connectivity index (χ3n) is 3.60. The van der Waals surface area contributed by atoms with E-state index in [0.29, 0.717) is 10.9 Å². The van der Waals surface area contributed by atoms with Crippen molar-refractivity contribution in [2.24, 2.45) is 0 Å². The van der Waals surface area contributed by atoms with Crippen LogP contribution in [0.5, 0.6) is 0 Å². The van der Waals surface area contributed by atoms with Gasteiger partial charge in [0.15, 0.2) is 0 Å². The Morgan fingerprint density at radius 2 is 1.95 bits per heavy atom. The zero-order valence-corrected chi connectivity index (χ0v) is 10.7. The van der Waals surface area contributed by atoms with E-state index < -0.39 is 17.7 Å². The number of hydrogen-bond donors (Lipinski definition) is 2. The number of halogens is 3. The minimum atomic E-state index is -4.43. The Kier molecular flexibility index (Phi) is 2.82. The maximum Gasteiger partial charge on any atom is 0.411 e. The normalized spacial score (nSPS) is 16.7. The number of carboxylic acid groups (broad SMARTS) is 1. The number of aromatic nitrogens is 1. The van der Waals surface area contributed by atoms with Crippen molar-refractivity contribution in [3.8, 4) is 0 Å². The van der Waals surface area contributed by atoms with Crippen LogP contribution in [-0.2, 0) is 0 Å². The van der Waals surface area contributed by atoms with E-state index in [-0.39, 0.29) is 24.2 Å². The number of carboxylic acids is 1. The third-order valence-corrected chi connectivity index (χ3v) is 3.60. The summed E-state index contributed by atoms with van der Waals surface area (Å²) in [4.78, 5) is 15.3. The molecule has 110 valence electrons. The highest BCUT2D eigenvalue weighted by molar-refractivity contribution is 5.98. The van der Waals surface area contributed by atoms with Gasteiger partial charge in [-0.25, -0.2) is 9.78 Å². The summed E-state index contributed by atoms with van der Waals surface area (Å²) >= 11 is 0. The lowest BCUT2D eigenvalue weighted by Crippen LogP contribution is -2.39. The largest absolute Gasteiger partial charge is 0.478 e. The molecule has 2 N–H and O–H groups in total. The van der Waals surface area contributed by atoms with Crippen molar-refractivity contribution in [1.29, 1.82) is 0 Å². The molecule has 1 aliphatic carbocycles. The highest BCUT2D eigenvalue weighted by Crippen LogP contribution is 2.51. The number of nitrogens with one attached hydrogen (secondary N) is 1. The summed E-state index contributed by atoms with van der Waals surface area (Å²) in [6.45, 7) is 0. The Hall–Kier alpha value is -2.31. The molecule has 1 aromatic heterocycles. The number of carbonyl (C=O) groups is 1. The highest BCUT2D eigenvalue weighted by atomic mass is 19.4. The average molecular weight is 296 g/mol. The summed E-state index contributed by atoms with van der Waals surface area (Å²) in [5.74, 6) is -1.55. The number of aromatic carboxylic acids is 1. The maximum atomic E-state index is 13.0. The Balaban J connectivity index is 2.09.